The van der Waals surface area contributed by atoms with Crippen LogP contribution in [0.2, 0.25) is 15.1 Å². The molecule has 2 aromatic rings. The number of halogens is 10. The number of hydrogen-bond donors (Lipinski definition) is 1. The summed E-state index contributed by atoms with van der Waals surface area (Å²) < 4.78 is 96.7. The normalized spacial score (nSPS) is 15.9. The van der Waals surface area contributed by atoms with E-state index >= 15 is 0 Å². The van der Waals surface area contributed by atoms with Crippen LogP contribution in [0.1, 0.15) is 45.8 Å². The van der Waals surface area contributed by atoms with Crippen molar-refractivity contribution >= 4 is 46.5 Å². The van der Waals surface area contributed by atoms with E-state index in [1.165, 1.54) is 0 Å². The average molecular weight is 550 g/mol. The molecule has 0 radical (unpaired) electrons. The highest BCUT2D eigenvalue weighted by Gasteiger charge is 2.41. The summed E-state index contributed by atoms with van der Waals surface area (Å²) >= 11 is 17.3. The molecule has 1 aliphatic rings. The lowest BCUT2D eigenvalue weighted by atomic mass is 9.95. The molecular weight excluding hydrogens is 536 g/mol. The molecule has 0 heterocycles. The summed E-state index contributed by atoms with van der Waals surface area (Å²) in [6.07, 6.45) is -9.02. The average Bonchev–Trinajstić information content (AvgIpc) is 3.57. The van der Waals surface area contributed by atoms with Gasteiger partial charge in [-0.2, -0.15) is 26.3 Å². The first-order valence-corrected chi connectivity index (χ1v) is 10.6. The van der Waals surface area contributed by atoms with Crippen LogP contribution in [0.5, 0.6) is 0 Å². The summed E-state index contributed by atoms with van der Waals surface area (Å²) in [6.45, 7) is 0. The highest BCUT2D eigenvalue weighted by molar-refractivity contribution is 6.48. The highest BCUT2D eigenvalue weighted by atomic mass is 35.5. The number of carbonyl (C=O) groups excluding carboxylic acids is 1. The summed E-state index contributed by atoms with van der Waals surface area (Å²) in [5, 5.41) is -0.204. The van der Waals surface area contributed by atoms with E-state index in [-0.39, 0.29) is 27.2 Å². The second kappa shape index (κ2) is 9.56. The fourth-order valence-electron chi connectivity index (χ4n) is 3.15. The fraction of sp³-hybridized carbons (Fsp3) is 0.286. The van der Waals surface area contributed by atoms with Crippen molar-refractivity contribution in [1.29, 1.82) is 0 Å². The number of amides is 1. The second-order valence-corrected chi connectivity index (χ2v) is 8.73. The molecule has 1 fully saturated rings. The Kier molecular flexibility index (Phi) is 7.48. The van der Waals surface area contributed by atoms with Gasteiger partial charge in [0.25, 0.3) is 5.91 Å². The second-order valence-electron chi connectivity index (χ2n) is 7.53. The van der Waals surface area contributed by atoms with E-state index in [4.69, 9.17) is 40.6 Å². The van der Waals surface area contributed by atoms with Crippen LogP contribution in [0.4, 0.5) is 30.7 Å². The van der Waals surface area contributed by atoms with Crippen molar-refractivity contribution in [2.24, 2.45) is 5.84 Å². The number of carbonyl (C=O) groups is 1. The van der Waals surface area contributed by atoms with Gasteiger partial charge in [0.05, 0.1) is 26.2 Å². The number of hydrazine groups is 1. The molecular formula is C21H14Cl3F7N2O. The Morgan fingerprint density at radius 2 is 1.59 bits per heavy atom. The first-order chi connectivity index (χ1) is 15.6. The predicted octanol–water partition coefficient (Wildman–Crippen LogP) is 7.80. The Morgan fingerprint density at radius 3 is 2.06 bits per heavy atom. The summed E-state index contributed by atoms with van der Waals surface area (Å²) in [7, 11) is 0. The third-order valence-electron chi connectivity index (χ3n) is 5.04. The van der Waals surface area contributed by atoms with Gasteiger partial charge in [0.1, 0.15) is 11.7 Å². The Labute approximate surface area is 203 Å². The van der Waals surface area contributed by atoms with Crippen LogP contribution in [-0.2, 0) is 6.18 Å². The molecule has 3 rings (SSSR count). The summed E-state index contributed by atoms with van der Waals surface area (Å²) in [5.74, 6) is 0.201. The van der Waals surface area contributed by atoms with Crippen molar-refractivity contribution < 1.29 is 35.5 Å². The van der Waals surface area contributed by atoms with E-state index in [0.29, 0.717) is 23.9 Å². The Morgan fingerprint density at radius 1 is 1.03 bits per heavy atom. The van der Waals surface area contributed by atoms with Gasteiger partial charge in [-0.05, 0) is 48.7 Å². The summed E-state index contributed by atoms with van der Waals surface area (Å²) in [5.41, 5.74) is -3.77. The van der Waals surface area contributed by atoms with Gasteiger partial charge in [0.2, 0.25) is 0 Å². The van der Waals surface area contributed by atoms with Gasteiger partial charge in [-0.25, -0.2) is 10.2 Å². The van der Waals surface area contributed by atoms with E-state index in [2.05, 4.69) is 0 Å². The topological polar surface area (TPSA) is 46.3 Å². The zero-order valence-corrected chi connectivity index (χ0v) is 19.0. The van der Waals surface area contributed by atoms with Gasteiger partial charge in [0, 0.05) is 11.6 Å². The third-order valence-corrected chi connectivity index (χ3v) is 6.23. The first-order valence-electron chi connectivity index (χ1n) is 9.49. The van der Waals surface area contributed by atoms with Crippen LogP contribution in [0.3, 0.4) is 0 Å². The van der Waals surface area contributed by atoms with E-state index in [1.54, 1.807) is 0 Å². The first kappa shape index (κ1) is 26.6. The number of hydrogen-bond acceptors (Lipinski definition) is 2. The lowest BCUT2D eigenvalue weighted by Gasteiger charge is -2.20. The lowest BCUT2D eigenvalue weighted by Crippen LogP contribution is -2.40. The van der Waals surface area contributed by atoms with E-state index in [0.717, 1.165) is 18.2 Å². The molecule has 34 heavy (non-hydrogen) atoms. The molecule has 13 heteroatoms. The number of benzene rings is 2. The zero-order valence-electron chi connectivity index (χ0n) is 16.7. The number of nitrogens with zero attached hydrogens (tertiary/aromatic N) is 1. The molecule has 3 nitrogen and oxygen atoms in total. The van der Waals surface area contributed by atoms with Crippen molar-refractivity contribution in [2.45, 2.75) is 37.2 Å². The molecule has 0 aliphatic heterocycles. The molecule has 1 unspecified atom stereocenters. The van der Waals surface area contributed by atoms with Crippen LogP contribution >= 0.6 is 34.8 Å². The smallest absolute Gasteiger partial charge is 0.273 e. The van der Waals surface area contributed by atoms with Gasteiger partial charge in [-0.1, -0.05) is 40.9 Å². The van der Waals surface area contributed by atoms with Crippen molar-refractivity contribution in [3.8, 4) is 0 Å². The quantitative estimate of drug-likeness (QED) is 0.136. The molecule has 184 valence electrons. The fourth-order valence-corrected chi connectivity index (χ4v) is 3.76. The molecule has 1 aliphatic carbocycles. The maximum absolute atomic E-state index is 14.9. The van der Waals surface area contributed by atoms with Crippen molar-refractivity contribution in [2.75, 3.05) is 0 Å². The molecule has 2 aromatic carbocycles. The van der Waals surface area contributed by atoms with Crippen molar-refractivity contribution in [3.63, 3.8) is 0 Å². The van der Waals surface area contributed by atoms with Crippen LogP contribution < -0.4 is 5.84 Å². The molecule has 1 amide bonds. The maximum atomic E-state index is 14.9. The molecule has 2 N–H and O–H groups in total. The summed E-state index contributed by atoms with van der Waals surface area (Å²) in [6, 6.07) is 2.95. The Bertz CT molecular complexity index is 1120. The molecule has 0 saturated heterocycles. The van der Waals surface area contributed by atoms with Crippen LogP contribution in [0.25, 0.3) is 5.83 Å². The number of alkyl halides is 6. The van der Waals surface area contributed by atoms with E-state index in [1.807, 2.05) is 0 Å². The molecule has 1 saturated carbocycles. The third kappa shape index (κ3) is 5.79. The maximum Gasteiger partial charge on any atom is 0.417 e. The van der Waals surface area contributed by atoms with Crippen molar-refractivity contribution in [1.82, 2.24) is 5.01 Å². The zero-order chi connectivity index (χ0) is 25.6. The predicted molar refractivity (Wildman–Crippen MR) is 114 cm³/mol. The van der Waals surface area contributed by atoms with Crippen LogP contribution in [-0.4, -0.2) is 23.1 Å². The van der Waals surface area contributed by atoms with Gasteiger partial charge >= 0.3 is 12.4 Å². The largest absolute Gasteiger partial charge is 0.417 e. The standard InChI is InChI=1S/C21H14Cl3F7N2O/c22-15-6-10(7-16(23)18(15)24)13(20(26,27)28)8-17(25)9-1-4-12(14(5-9)21(29,30)31)19(34)33(32)11-2-3-11/h1,4-8,11,13H,2-3,32H2/b17-8-. The number of allylic oxidation sites excluding steroid dienone is 1. The minimum atomic E-state index is -5.10. The summed E-state index contributed by atoms with van der Waals surface area (Å²) in [4.78, 5) is 12.4. The monoisotopic (exact) mass is 548 g/mol. The van der Waals surface area contributed by atoms with E-state index < -0.39 is 58.3 Å². The Hall–Kier alpha value is -2.01. The molecule has 1 atom stereocenters. The molecule has 0 bridgehead atoms. The number of rotatable bonds is 5. The van der Waals surface area contributed by atoms with Gasteiger partial charge in [0.15, 0.2) is 0 Å². The van der Waals surface area contributed by atoms with Gasteiger partial charge < -0.3 is 0 Å². The minimum Gasteiger partial charge on any atom is -0.273 e. The minimum absolute atomic E-state index is 0.0896. The lowest BCUT2D eigenvalue weighted by molar-refractivity contribution is -0.140. The van der Waals surface area contributed by atoms with Crippen molar-refractivity contribution in [3.05, 3.63) is 73.7 Å². The van der Waals surface area contributed by atoms with Gasteiger partial charge in [-0.3, -0.25) is 9.80 Å². The Balaban J connectivity index is 2.06. The van der Waals surface area contributed by atoms with Gasteiger partial charge in [-0.15, -0.1) is 0 Å². The SMILES string of the molecule is NN(C(=O)c1ccc(/C(F)=C/C(c2cc(Cl)c(Cl)c(Cl)c2)C(F)(F)F)cc1C(F)(F)F)C1CC1. The molecule has 0 aromatic heterocycles. The van der Waals surface area contributed by atoms with Crippen LogP contribution in [0.15, 0.2) is 36.4 Å². The number of nitrogens with two attached hydrogens (primary N) is 1. The van der Waals surface area contributed by atoms with E-state index in [9.17, 15) is 35.5 Å². The molecule has 0 spiro atoms. The highest BCUT2D eigenvalue weighted by Crippen LogP contribution is 2.43. The van der Waals surface area contributed by atoms with Crippen LogP contribution in [0, 0.1) is 0 Å².